The van der Waals surface area contributed by atoms with Crippen molar-refractivity contribution in [3.05, 3.63) is 42.1 Å². The quantitative estimate of drug-likeness (QED) is 0.917. The standard InChI is InChI=1S/C16H20N2O/c19-16(18-10-2-1-3-11-18)12-13-6-4-8-15-14(13)7-5-9-17-15/h4-9,16,19H,1-3,10-12H2. The molecule has 1 saturated heterocycles. The average molecular weight is 256 g/mol. The maximum atomic E-state index is 10.4. The van der Waals surface area contributed by atoms with E-state index in [9.17, 15) is 5.11 Å². The number of hydrogen-bond donors (Lipinski definition) is 1. The van der Waals surface area contributed by atoms with E-state index in [1.165, 1.54) is 24.8 Å². The molecular formula is C16H20N2O. The number of nitrogens with zero attached hydrogens (tertiary/aromatic N) is 2. The lowest BCUT2D eigenvalue weighted by Gasteiger charge is -2.31. The molecule has 3 rings (SSSR count). The number of aromatic nitrogens is 1. The smallest absolute Gasteiger partial charge is 0.111 e. The van der Waals surface area contributed by atoms with Crippen LogP contribution in [0.2, 0.25) is 0 Å². The molecule has 0 bridgehead atoms. The van der Waals surface area contributed by atoms with Crippen LogP contribution >= 0.6 is 0 Å². The first-order chi connectivity index (χ1) is 9.34. The Bertz CT molecular complexity index is 544. The van der Waals surface area contributed by atoms with Gasteiger partial charge in [-0.05, 0) is 30.5 Å². The lowest BCUT2D eigenvalue weighted by molar-refractivity contribution is -0.00676. The highest BCUT2D eigenvalue weighted by atomic mass is 16.3. The fourth-order valence-electron chi connectivity index (χ4n) is 2.89. The predicted molar refractivity (Wildman–Crippen MR) is 76.9 cm³/mol. The molecule has 1 aliphatic rings. The van der Waals surface area contributed by atoms with Crippen LogP contribution in [-0.2, 0) is 6.42 Å². The van der Waals surface area contributed by atoms with Crippen molar-refractivity contribution in [3.63, 3.8) is 0 Å². The summed E-state index contributed by atoms with van der Waals surface area (Å²) < 4.78 is 0. The number of aliphatic hydroxyl groups is 1. The van der Waals surface area contributed by atoms with Gasteiger partial charge >= 0.3 is 0 Å². The number of rotatable bonds is 3. The fourth-order valence-corrected chi connectivity index (χ4v) is 2.89. The molecule has 1 aliphatic heterocycles. The maximum absolute atomic E-state index is 10.4. The zero-order valence-corrected chi connectivity index (χ0v) is 11.1. The van der Waals surface area contributed by atoms with E-state index in [-0.39, 0.29) is 6.23 Å². The normalized spacial score (nSPS) is 18.6. The SMILES string of the molecule is OC(Cc1cccc2ncccc12)N1CCCCC1. The minimum Gasteiger partial charge on any atom is -0.378 e. The van der Waals surface area contributed by atoms with E-state index in [2.05, 4.69) is 22.0 Å². The third-order valence-corrected chi connectivity index (χ3v) is 3.95. The average Bonchev–Trinajstić information content (AvgIpc) is 2.48. The van der Waals surface area contributed by atoms with Gasteiger partial charge in [-0.3, -0.25) is 9.88 Å². The van der Waals surface area contributed by atoms with Gasteiger partial charge in [-0.2, -0.15) is 0 Å². The largest absolute Gasteiger partial charge is 0.378 e. The summed E-state index contributed by atoms with van der Waals surface area (Å²) in [6.45, 7) is 2.04. The first kappa shape index (κ1) is 12.6. The summed E-state index contributed by atoms with van der Waals surface area (Å²) >= 11 is 0. The van der Waals surface area contributed by atoms with E-state index in [4.69, 9.17) is 0 Å². The second kappa shape index (κ2) is 5.68. The molecule has 3 nitrogen and oxygen atoms in total. The van der Waals surface area contributed by atoms with Crippen LogP contribution in [0.15, 0.2) is 36.5 Å². The fraction of sp³-hybridized carbons (Fsp3) is 0.438. The molecule has 1 N–H and O–H groups in total. The molecule has 1 fully saturated rings. The zero-order valence-electron chi connectivity index (χ0n) is 11.1. The van der Waals surface area contributed by atoms with E-state index in [1.807, 2.05) is 24.4 Å². The molecular weight excluding hydrogens is 236 g/mol. The Morgan fingerprint density at radius 2 is 1.95 bits per heavy atom. The van der Waals surface area contributed by atoms with Gasteiger partial charge in [0.15, 0.2) is 0 Å². The second-order valence-electron chi connectivity index (χ2n) is 5.27. The molecule has 1 aromatic carbocycles. The van der Waals surface area contributed by atoms with E-state index < -0.39 is 0 Å². The van der Waals surface area contributed by atoms with Crippen molar-refractivity contribution in [2.45, 2.75) is 31.9 Å². The third-order valence-electron chi connectivity index (χ3n) is 3.95. The van der Waals surface area contributed by atoms with Crippen molar-refractivity contribution in [2.75, 3.05) is 13.1 Å². The van der Waals surface area contributed by atoms with Crippen LogP contribution in [0.3, 0.4) is 0 Å². The Kier molecular flexibility index (Phi) is 3.76. The van der Waals surface area contributed by atoms with E-state index in [0.717, 1.165) is 24.0 Å². The summed E-state index contributed by atoms with van der Waals surface area (Å²) in [6, 6.07) is 10.2. The number of pyridine rings is 1. The molecule has 3 heteroatoms. The van der Waals surface area contributed by atoms with E-state index >= 15 is 0 Å². The molecule has 0 spiro atoms. The van der Waals surface area contributed by atoms with Crippen molar-refractivity contribution in [1.82, 2.24) is 9.88 Å². The Balaban J connectivity index is 1.80. The first-order valence-corrected chi connectivity index (χ1v) is 7.09. The Labute approximate surface area is 113 Å². The highest BCUT2D eigenvalue weighted by Gasteiger charge is 2.19. The van der Waals surface area contributed by atoms with Gasteiger partial charge < -0.3 is 5.11 Å². The van der Waals surface area contributed by atoms with Crippen LogP contribution in [0.1, 0.15) is 24.8 Å². The van der Waals surface area contributed by atoms with Crippen LogP contribution in [0, 0.1) is 0 Å². The molecule has 1 aromatic heterocycles. The Morgan fingerprint density at radius 3 is 2.79 bits per heavy atom. The van der Waals surface area contributed by atoms with Crippen molar-refractivity contribution >= 4 is 10.9 Å². The molecule has 0 saturated carbocycles. The molecule has 19 heavy (non-hydrogen) atoms. The van der Waals surface area contributed by atoms with Crippen LogP contribution in [-0.4, -0.2) is 34.3 Å². The number of aliphatic hydroxyl groups excluding tert-OH is 1. The van der Waals surface area contributed by atoms with Crippen molar-refractivity contribution in [3.8, 4) is 0 Å². The first-order valence-electron chi connectivity index (χ1n) is 7.09. The molecule has 2 heterocycles. The molecule has 1 unspecified atom stereocenters. The van der Waals surface area contributed by atoms with Crippen LogP contribution in [0.4, 0.5) is 0 Å². The molecule has 0 aliphatic carbocycles. The topological polar surface area (TPSA) is 36.4 Å². The summed E-state index contributed by atoms with van der Waals surface area (Å²) in [5, 5.41) is 11.5. The van der Waals surface area contributed by atoms with Gasteiger partial charge in [0.2, 0.25) is 0 Å². The highest BCUT2D eigenvalue weighted by molar-refractivity contribution is 5.81. The molecule has 1 atom stereocenters. The van der Waals surface area contributed by atoms with Crippen molar-refractivity contribution in [2.24, 2.45) is 0 Å². The summed E-state index contributed by atoms with van der Waals surface area (Å²) in [5.41, 5.74) is 2.19. The lowest BCUT2D eigenvalue weighted by Crippen LogP contribution is -2.40. The van der Waals surface area contributed by atoms with Gasteiger partial charge in [0.05, 0.1) is 5.52 Å². The highest BCUT2D eigenvalue weighted by Crippen LogP contribution is 2.20. The maximum Gasteiger partial charge on any atom is 0.111 e. The van der Waals surface area contributed by atoms with Gasteiger partial charge in [-0.15, -0.1) is 0 Å². The number of hydrogen-bond acceptors (Lipinski definition) is 3. The number of likely N-dealkylation sites (tertiary alicyclic amines) is 1. The number of fused-ring (bicyclic) bond motifs is 1. The summed E-state index contributed by atoms with van der Waals surface area (Å²) in [6.07, 6.45) is 5.83. The third kappa shape index (κ3) is 2.77. The summed E-state index contributed by atoms with van der Waals surface area (Å²) in [4.78, 5) is 6.56. The Hall–Kier alpha value is -1.45. The van der Waals surface area contributed by atoms with Gasteiger partial charge in [0, 0.05) is 31.1 Å². The number of benzene rings is 1. The lowest BCUT2D eigenvalue weighted by atomic mass is 10.0. The molecule has 2 aromatic rings. The minimum atomic E-state index is -0.369. The molecule has 0 radical (unpaired) electrons. The van der Waals surface area contributed by atoms with Crippen molar-refractivity contribution in [1.29, 1.82) is 0 Å². The monoisotopic (exact) mass is 256 g/mol. The zero-order chi connectivity index (χ0) is 13.1. The number of piperidine rings is 1. The van der Waals surface area contributed by atoms with Crippen LogP contribution < -0.4 is 0 Å². The van der Waals surface area contributed by atoms with E-state index in [0.29, 0.717) is 6.42 Å². The molecule has 0 amide bonds. The van der Waals surface area contributed by atoms with Crippen LogP contribution in [0.25, 0.3) is 10.9 Å². The van der Waals surface area contributed by atoms with Gasteiger partial charge in [-0.25, -0.2) is 0 Å². The predicted octanol–water partition coefficient (Wildman–Crippen LogP) is 2.58. The molecule has 100 valence electrons. The summed E-state index contributed by atoms with van der Waals surface area (Å²) in [5.74, 6) is 0. The van der Waals surface area contributed by atoms with Crippen LogP contribution in [0.5, 0.6) is 0 Å². The van der Waals surface area contributed by atoms with Gasteiger partial charge in [0.1, 0.15) is 6.23 Å². The Morgan fingerprint density at radius 1 is 1.11 bits per heavy atom. The van der Waals surface area contributed by atoms with Gasteiger partial charge in [-0.1, -0.05) is 24.6 Å². The minimum absolute atomic E-state index is 0.369. The van der Waals surface area contributed by atoms with Crippen molar-refractivity contribution < 1.29 is 5.11 Å². The second-order valence-corrected chi connectivity index (χ2v) is 5.27. The van der Waals surface area contributed by atoms with Gasteiger partial charge in [0.25, 0.3) is 0 Å². The summed E-state index contributed by atoms with van der Waals surface area (Å²) in [7, 11) is 0. The van der Waals surface area contributed by atoms with E-state index in [1.54, 1.807) is 0 Å².